The smallest absolute Gasteiger partial charge is 0.251 e. The summed E-state index contributed by atoms with van der Waals surface area (Å²) in [4.78, 5) is 27.5. The molecule has 2 aromatic rings. The molecule has 7 nitrogen and oxygen atoms in total. The van der Waals surface area contributed by atoms with E-state index in [-0.39, 0.29) is 5.56 Å². The molecule has 0 spiro atoms. The summed E-state index contributed by atoms with van der Waals surface area (Å²) in [6, 6.07) is 1.42. The Morgan fingerprint density at radius 2 is 2.37 bits per heavy atom. The van der Waals surface area contributed by atoms with Crippen LogP contribution in [0, 0.1) is 0 Å². The number of methoxy groups -OCH3 is 1. The zero-order chi connectivity index (χ0) is 13.7. The molecule has 0 aliphatic heterocycles. The van der Waals surface area contributed by atoms with Crippen LogP contribution in [0.2, 0.25) is 0 Å². The van der Waals surface area contributed by atoms with Crippen LogP contribution in [0.5, 0.6) is 0 Å². The normalized spacial score (nSPS) is 10.8. The van der Waals surface area contributed by atoms with E-state index in [0.717, 1.165) is 9.34 Å². The van der Waals surface area contributed by atoms with Gasteiger partial charge in [-0.15, -0.1) is 0 Å². The number of nitrogens with one attached hydrogen (secondary N) is 1. The number of rotatable bonds is 6. The third kappa shape index (κ3) is 4.11. The number of H-pyrrole nitrogens is 1. The lowest BCUT2D eigenvalue weighted by Gasteiger charge is -2.01. The van der Waals surface area contributed by atoms with E-state index in [2.05, 4.69) is 15.0 Å². The fourth-order valence-corrected chi connectivity index (χ4v) is 3.16. The van der Waals surface area contributed by atoms with Gasteiger partial charge >= 0.3 is 0 Å². The van der Waals surface area contributed by atoms with Crippen molar-refractivity contribution in [1.82, 2.24) is 15.0 Å². The molecule has 0 atom stereocenters. The van der Waals surface area contributed by atoms with Gasteiger partial charge in [0.1, 0.15) is 6.20 Å². The minimum Gasteiger partial charge on any atom is -0.378 e. The van der Waals surface area contributed by atoms with Crippen LogP contribution in [0.25, 0.3) is 0 Å². The summed E-state index contributed by atoms with van der Waals surface area (Å²) in [5.41, 5.74) is 2.00. The van der Waals surface area contributed by atoms with Gasteiger partial charge in [-0.3, -0.25) is 4.79 Å². The molecular weight excluding hydrogens is 288 g/mol. The summed E-state index contributed by atoms with van der Waals surface area (Å²) in [5, 5.41) is 1.40. The molecule has 0 fully saturated rings. The molecule has 3 N–H and O–H groups in total. The van der Waals surface area contributed by atoms with Crippen molar-refractivity contribution in [2.24, 2.45) is 0 Å². The van der Waals surface area contributed by atoms with E-state index in [9.17, 15) is 4.79 Å². The lowest BCUT2D eigenvalue weighted by molar-refractivity contribution is -0.827. The molecule has 0 aromatic carbocycles. The molecule has 0 aliphatic carbocycles. The van der Waals surface area contributed by atoms with Crippen molar-refractivity contribution >= 4 is 28.1 Å². The lowest BCUT2D eigenvalue weighted by atomic mass is 10.4. The van der Waals surface area contributed by atoms with Gasteiger partial charge in [0.15, 0.2) is 9.50 Å². The van der Waals surface area contributed by atoms with Gasteiger partial charge in [-0.1, -0.05) is 0 Å². The average Bonchev–Trinajstić information content (AvgIpc) is 2.76. The van der Waals surface area contributed by atoms with Crippen LogP contribution in [0.15, 0.2) is 26.6 Å². The van der Waals surface area contributed by atoms with Crippen molar-refractivity contribution in [1.29, 1.82) is 0 Å². The summed E-state index contributed by atoms with van der Waals surface area (Å²) in [6.45, 7) is 0.304. The first-order valence-electron chi connectivity index (χ1n) is 5.30. The minimum atomic E-state index is -0.204. The number of hydrogen-bond donors (Lipinski definition) is 2. The first kappa shape index (κ1) is 14.2. The van der Waals surface area contributed by atoms with E-state index in [4.69, 9.17) is 9.57 Å². The van der Waals surface area contributed by atoms with Crippen molar-refractivity contribution in [2.75, 3.05) is 14.2 Å². The summed E-state index contributed by atoms with van der Waals surface area (Å²) < 4.78 is 5.74. The minimum absolute atomic E-state index is 0.204. The van der Waals surface area contributed by atoms with Gasteiger partial charge in [-0.25, -0.2) is 14.8 Å². The van der Waals surface area contributed by atoms with Crippen LogP contribution in [0.1, 0.15) is 5.69 Å². The van der Waals surface area contributed by atoms with Gasteiger partial charge in [-0.2, -0.15) is 5.48 Å². The average molecular weight is 301 g/mol. The number of nitrogens with zero attached hydrogens (tertiary/aromatic N) is 2. The van der Waals surface area contributed by atoms with Crippen LogP contribution in [-0.2, 0) is 16.2 Å². The van der Waals surface area contributed by atoms with Crippen molar-refractivity contribution in [3.05, 3.63) is 28.3 Å². The lowest BCUT2D eigenvalue weighted by Crippen LogP contribution is -2.75. The summed E-state index contributed by atoms with van der Waals surface area (Å²) in [7, 11) is 3.14. The Morgan fingerprint density at radius 3 is 3.11 bits per heavy atom. The van der Waals surface area contributed by atoms with Gasteiger partial charge in [-0.05, 0) is 23.1 Å². The topological polar surface area (TPSA) is 93.7 Å². The zero-order valence-electron chi connectivity index (χ0n) is 10.4. The summed E-state index contributed by atoms with van der Waals surface area (Å²) in [6.07, 6.45) is 1.70. The van der Waals surface area contributed by atoms with Gasteiger partial charge in [0.05, 0.1) is 19.4 Å². The largest absolute Gasteiger partial charge is 0.378 e. The molecule has 0 unspecified atom stereocenters. The molecule has 0 amide bonds. The number of ether oxygens (including phenoxy) is 1. The molecule has 2 rings (SSSR count). The van der Waals surface area contributed by atoms with Crippen molar-refractivity contribution in [3.63, 3.8) is 0 Å². The van der Waals surface area contributed by atoms with Crippen LogP contribution in [0.3, 0.4) is 0 Å². The third-order valence-electron chi connectivity index (χ3n) is 1.99. The zero-order valence-corrected chi connectivity index (χ0v) is 12.0. The molecule has 0 bridgehead atoms. The highest BCUT2D eigenvalue weighted by Crippen LogP contribution is 2.29. The number of aromatic amines is 1. The summed E-state index contributed by atoms with van der Waals surface area (Å²) in [5.74, 6) is 0. The molecule has 0 saturated carbocycles. The number of nitrogens with two attached hydrogens (primary N) is 1. The maximum absolute atomic E-state index is 11.5. The molecule has 2 heterocycles. The van der Waals surface area contributed by atoms with Crippen LogP contribution in [0.4, 0.5) is 5.00 Å². The van der Waals surface area contributed by atoms with Crippen LogP contribution in [-0.4, -0.2) is 29.2 Å². The Morgan fingerprint density at radius 1 is 1.53 bits per heavy atom. The predicted molar refractivity (Wildman–Crippen MR) is 70.4 cm³/mol. The SMILES string of the molecule is COCc1cc(=O)[nH]c(Sc2ncc([NH2+]OC)s2)n1. The predicted octanol–water partition coefficient (Wildman–Crippen LogP) is 0.280. The Bertz CT molecular complexity index is 598. The molecule has 9 heteroatoms. The van der Waals surface area contributed by atoms with Crippen LogP contribution < -0.4 is 11.0 Å². The fourth-order valence-electron chi connectivity index (χ4n) is 1.32. The first-order valence-corrected chi connectivity index (χ1v) is 6.93. The van der Waals surface area contributed by atoms with Crippen molar-refractivity contribution < 1.29 is 15.1 Å². The number of aromatic nitrogens is 3. The second kappa shape index (κ2) is 6.78. The molecule has 2 aromatic heterocycles. The molecule has 0 saturated heterocycles. The van der Waals surface area contributed by atoms with E-state index < -0.39 is 0 Å². The quantitative estimate of drug-likeness (QED) is 0.588. The Hall–Kier alpha value is -1.26. The van der Waals surface area contributed by atoms with E-state index in [1.54, 1.807) is 25.9 Å². The monoisotopic (exact) mass is 301 g/mol. The van der Waals surface area contributed by atoms with E-state index in [0.29, 0.717) is 17.5 Å². The highest BCUT2D eigenvalue weighted by Gasteiger charge is 2.09. The maximum Gasteiger partial charge on any atom is 0.251 e. The second-order valence-corrected chi connectivity index (χ2v) is 5.76. The number of hydrogen-bond acceptors (Lipinski definition) is 7. The molecule has 19 heavy (non-hydrogen) atoms. The fraction of sp³-hybridized carbons (Fsp3) is 0.300. The Labute approximate surface area is 117 Å². The molecule has 0 radical (unpaired) electrons. The highest BCUT2D eigenvalue weighted by molar-refractivity contribution is 8.00. The Kier molecular flexibility index (Phi) is 5.05. The molecular formula is C10H13N4O3S2+. The van der Waals surface area contributed by atoms with E-state index in [1.165, 1.54) is 29.2 Å². The highest BCUT2D eigenvalue weighted by atomic mass is 32.2. The first-order chi connectivity index (χ1) is 9.21. The molecule has 0 aliphatic rings. The standard InChI is InChI=1S/C10H12N4O3S2/c1-16-5-6-3-7(15)13-9(12-6)19-10-11-4-8(18-10)14-17-2/h3-4,14H,5H2,1-2H3,(H,12,13,15)/p+1. The number of thiazole rings is 1. The van der Waals surface area contributed by atoms with E-state index >= 15 is 0 Å². The van der Waals surface area contributed by atoms with Gasteiger partial charge in [0, 0.05) is 13.2 Å². The van der Waals surface area contributed by atoms with Gasteiger partial charge in [0.25, 0.3) is 5.56 Å². The molecule has 102 valence electrons. The Balaban J connectivity index is 2.15. The van der Waals surface area contributed by atoms with Gasteiger partial charge < -0.3 is 9.72 Å². The summed E-state index contributed by atoms with van der Waals surface area (Å²) >= 11 is 2.75. The third-order valence-corrected chi connectivity index (χ3v) is 3.87. The van der Waals surface area contributed by atoms with E-state index in [1.807, 2.05) is 0 Å². The van der Waals surface area contributed by atoms with Gasteiger partial charge in [0.2, 0.25) is 5.00 Å². The van der Waals surface area contributed by atoms with Crippen LogP contribution >= 0.6 is 23.1 Å². The number of quaternary nitrogens is 1. The van der Waals surface area contributed by atoms with Crippen molar-refractivity contribution in [2.45, 2.75) is 16.1 Å². The second-order valence-electron chi connectivity index (χ2n) is 3.46. The maximum atomic E-state index is 11.5. The van der Waals surface area contributed by atoms with Crippen molar-refractivity contribution in [3.8, 4) is 0 Å².